The number of aliphatic hydroxyl groups is 8. The summed E-state index contributed by atoms with van der Waals surface area (Å²) in [5.74, 6) is -8.18. The van der Waals surface area contributed by atoms with Gasteiger partial charge in [-0.15, -0.1) is 0 Å². The summed E-state index contributed by atoms with van der Waals surface area (Å²) < 4.78 is 9.88. The molecule has 218 valence electrons. The molecule has 3 rings (SSSR count). The molecular weight excluding hydrogens is 544 g/mol. The van der Waals surface area contributed by atoms with Crippen molar-refractivity contribution in [3.63, 3.8) is 0 Å². The number of azide groups is 2. The van der Waals surface area contributed by atoms with E-state index in [0.29, 0.717) is 0 Å². The summed E-state index contributed by atoms with van der Waals surface area (Å²) in [6.07, 6.45) is -16.8. The number of aliphatic hydroxyl groups excluding tert-OH is 6. The highest BCUT2D eigenvalue weighted by Gasteiger charge is 2.56. The fourth-order valence-corrected chi connectivity index (χ4v) is 4.05. The Balaban J connectivity index is 1.79. The van der Waals surface area contributed by atoms with Gasteiger partial charge in [0.2, 0.25) is 0 Å². The molecule has 20 heteroatoms. The summed E-state index contributed by atoms with van der Waals surface area (Å²) in [5.41, 5.74) is 17.5. The first kappa shape index (κ1) is 30.9. The Kier molecular flexibility index (Phi) is 8.87. The van der Waals surface area contributed by atoms with Crippen LogP contribution in [0.15, 0.2) is 34.5 Å². The quantitative estimate of drug-likeness (QED) is 0.0937. The molecule has 0 spiro atoms. The number of ether oxygens (including phenoxy) is 2. The molecule has 2 heterocycles. The van der Waals surface area contributed by atoms with Gasteiger partial charge in [0.15, 0.2) is 12.2 Å². The van der Waals surface area contributed by atoms with Crippen molar-refractivity contribution in [1.29, 1.82) is 0 Å². The van der Waals surface area contributed by atoms with Crippen molar-refractivity contribution in [2.75, 3.05) is 23.9 Å². The van der Waals surface area contributed by atoms with Crippen LogP contribution < -0.4 is 9.80 Å². The van der Waals surface area contributed by atoms with Gasteiger partial charge in [-0.25, -0.2) is 0 Å². The Hall–Kier alpha value is -3.62. The van der Waals surface area contributed by atoms with E-state index in [1.165, 1.54) is 38.4 Å². The van der Waals surface area contributed by atoms with Crippen molar-refractivity contribution >= 4 is 23.2 Å². The lowest BCUT2D eigenvalue weighted by Crippen LogP contribution is -2.66. The Bertz CT molecular complexity index is 1130. The van der Waals surface area contributed by atoms with Crippen molar-refractivity contribution in [3.8, 4) is 0 Å². The Morgan fingerprint density at radius 1 is 0.725 bits per heavy atom. The monoisotopic (exact) mass is 570 g/mol. The van der Waals surface area contributed by atoms with Crippen LogP contribution in [0.2, 0.25) is 0 Å². The predicted octanol–water partition coefficient (Wildman–Crippen LogP) is -3.51. The molecule has 0 saturated carbocycles. The number of nitrogens with zero attached hydrogens (tertiary/aromatic N) is 8. The van der Waals surface area contributed by atoms with Crippen LogP contribution in [0, 0.1) is 0 Å². The number of rotatable bonds is 6. The lowest BCUT2D eigenvalue weighted by molar-refractivity contribution is -0.335. The van der Waals surface area contributed by atoms with Crippen LogP contribution in [0.1, 0.15) is 0 Å². The zero-order valence-corrected chi connectivity index (χ0v) is 20.7. The summed E-state index contributed by atoms with van der Waals surface area (Å²) >= 11 is 0. The average Bonchev–Trinajstić information content (AvgIpc) is 2.94. The van der Waals surface area contributed by atoms with E-state index in [2.05, 4.69) is 20.1 Å². The normalized spacial score (nSPS) is 37.5. The Labute approximate surface area is 223 Å². The van der Waals surface area contributed by atoms with Crippen LogP contribution in [0.4, 0.5) is 11.4 Å². The van der Waals surface area contributed by atoms with Gasteiger partial charge in [0.25, 0.3) is 23.6 Å². The summed E-state index contributed by atoms with van der Waals surface area (Å²) in [5, 5.41) is 86.4. The third-order valence-electron chi connectivity index (χ3n) is 6.49. The molecule has 1 aromatic rings. The number of carbonyl (C=O) groups is 2. The Morgan fingerprint density at radius 3 is 1.30 bits per heavy atom. The fraction of sp³-hybridized carbons (Fsp3) is 0.600. The zero-order valence-electron chi connectivity index (χ0n) is 20.7. The van der Waals surface area contributed by atoms with E-state index in [9.17, 15) is 50.4 Å². The number of amides is 2. The van der Waals surface area contributed by atoms with Crippen molar-refractivity contribution in [2.24, 2.45) is 10.2 Å². The van der Waals surface area contributed by atoms with Gasteiger partial charge in [-0.2, -0.15) is 0 Å². The SMILES string of the molecule is CN(C(=O)[C@H]1O[C@](O)(N=[N+]=[N-])[C@H](O)[C@@H](O)[C@@H]1O)c1ccc(N(C)C(=O)[C@H]2O[C@](O)(N=[N+]=[N-])[C@H](O)[C@@H](O)[C@@H]2O)cc1. The maximum Gasteiger partial charge on any atom is 0.277 e. The van der Waals surface area contributed by atoms with Gasteiger partial charge in [-0.3, -0.25) is 9.59 Å². The first-order valence-electron chi connectivity index (χ1n) is 11.3. The summed E-state index contributed by atoms with van der Waals surface area (Å²) in [4.78, 5) is 32.4. The highest BCUT2D eigenvalue weighted by Crippen LogP contribution is 2.33. The standard InChI is InChI=1S/C20H26N8O12/c1-27(17(35)13-9(29)11(31)15(33)19(37,39-13)23-25-21)7-3-5-8(6-4-7)28(2)18(36)14-10(30)12(32)16(34)20(38,40-14)24-26-22/h3-6,9-16,29-34,37-38H,1-2H3/t9-,10-,11-,12-,13-,14-,15+,16+,19-,20-/m0/s1. The second-order valence-corrected chi connectivity index (χ2v) is 8.94. The number of anilines is 2. The predicted molar refractivity (Wildman–Crippen MR) is 127 cm³/mol. The van der Waals surface area contributed by atoms with Crippen molar-refractivity contribution < 1.29 is 59.9 Å². The van der Waals surface area contributed by atoms with E-state index in [4.69, 9.17) is 20.5 Å². The summed E-state index contributed by atoms with van der Waals surface area (Å²) in [6, 6.07) is 5.24. The zero-order chi connectivity index (χ0) is 30.2. The maximum absolute atomic E-state index is 13.0. The van der Waals surface area contributed by atoms with E-state index >= 15 is 0 Å². The molecule has 0 radical (unpaired) electrons. The Morgan fingerprint density at radius 2 is 1.02 bits per heavy atom. The largest absolute Gasteiger partial charge is 0.387 e. The second-order valence-electron chi connectivity index (χ2n) is 8.94. The molecule has 2 amide bonds. The van der Waals surface area contributed by atoms with Crippen molar-refractivity contribution in [1.82, 2.24) is 0 Å². The molecule has 40 heavy (non-hydrogen) atoms. The van der Waals surface area contributed by atoms with Gasteiger partial charge in [0.05, 0.1) is 0 Å². The number of hydrogen-bond donors (Lipinski definition) is 8. The van der Waals surface area contributed by atoms with Crippen LogP contribution >= 0.6 is 0 Å². The van der Waals surface area contributed by atoms with Crippen LogP contribution in [0.5, 0.6) is 0 Å². The molecule has 10 atom stereocenters. The minimum Gasteiger partial charge on any atom is -0.387 e. The van der Waals surface area contributed by atoms with E-state index in [-0.39, 0.29) is 11.4 Å². The van der Waals surface area contributed by atoms with Gasteiger partial charge < -0.3 is 60.1 Å². The second kappa shape index (κ2) is 11.5. The third-order valence-corrected chi connectivity index (χ3v) is 6.49. The minimum atomic E-state index is -3.05. The first-order chi connectivity index (χ1) is 18.6. The van der Waals surface area contributed by atoms with Gasteiger partial charge in [0, 0.05) is 35.3 Å². The highest BCUT2D eigenvalue weighted by molar-refractivity contribution is 5.98. The molecule has 2 aliphatic rings. The van der Waals surface area contributed by atoms with E-state index in [0.717, 1.165) is 9.80 Å². The van der Waals surface area contributed by atoms with Gasteiger partial charge in [0.1, 0.15) is 36.6 Å². The molecular formula is C20H26N8O12. The molecule has 1 aromatic carbocycles. The third kappa shape index (κ3) is 5.38. The van der Waals surface area contributed by atoms with Gasteiger partial charge in [-0.1, -0.05) is 0 Å². The molecule has 0 unspecified atom stereocenters. The molecule has 2 aliphatic heterocycles. The molecule has 0 aliphatic carbocycles. The van der Waals surface area contributed by atoms with Crippen LogP contribution in [-0.2, 0) is 19.1 Å². The molecule has 2 fully saturated rings. The molecule has 8 N–H and O–H groups in total. The summed E-state index contributed by atoms with van der Waals surface area (Å²) in [7, 11) is 2.45. The van der Waals surface area contributed by atoms with Crippen LogP contribution in [0.3, 0.4) is 0 Å². The van der Waals surface area contributed by atoms with E-state index in [1.807, 2.05) is 0 Å². The first-order valence-corrected chi connectivity index (χ1v) is 11.3. The topological polar surface area (TPSA) is 318 Å². The van der Waals surface area contributed by atoms with Gasteiger partial charge in [-0.05, 0) is 45.6 Å². The highest BCUT2D eigenvalue weighted by atomic mass is 16.7. The average molecular weight is 570 g/mol. The van der Waals surface area contributed by atoms with E-state index in [1.54, 1.807) is 0 Å². The lowest BCUT2D eigenvalue weighted by atomic mass is 9.95. The fourth-order valence-electron chi connectivity index (χ4n) is 4.05. The lowest BCUT2D eigenvalue weighted by Gasteiger charge is -2.43. The minimum absolute atomic E-state index is 0.128. The number of carbonyl (C=O) groups excluding carboxylic acids is 2. The van der Waals surface area contributed by atoms with E-state index < -0.39 is 72.5 Å². The maximum atomic E-state index is 13.0. The van der Waals surface area contributed by atoms with Gasteiger partial charge >= 0.3 is 0 Å². The number of likely N-dealkylation sites (N-methyl/N-ethyl adjacent to an activating group) is 2. The molecule has 20 nitrogen and oxygen atoms in total. The molecule has 0 bridgehead atoms. The van der Waals surface area contributed by atoms with Crippen LogP contribution in [-0.4, -0.2) is 127 Å². The number of benzene rings is 1. The molecule has 0 aromatic heterocycles. The van der Waals surface area contributed by atoms with Crippen molar-refractivity contribution in [2.45, 2.75) is 60.7 Å². The molecule has 2 saturated heterocycles. The van der Waals surface area contributed by atoms with Crippen molar-refractivity contribution in [3.05, 3.63) is 45.2 Å². The smallest absolute Gasteiger partial charge is 0.277 e. The summed E-state index contributed by atoms with van der Waals surface area (Å²) in [6.45, 7) is 0. The van der Waals surface area contributed by atoms with Crippen LogP contribution in [0.25, 0.3) is 20.9 Å². The number of hydrogen-bond acceptors (Lipinski definition) is 14.